The summed E-state index contributed by atoms with van der Waals surface area (Å²) in [4.78, 5) is 27.4. The smallest absolute Gasteiger partial charge is 0.294 e. The van der Waals surface area contributed by atoms with E-state index in [-0.39, 0.29) is 17.0 Å². The lowest BCUT2D eigenvalue weighted by molar-refractivity contribution is -0.384. The van der Waals surface area contributed by atoms with Gasteiger partial charge >= 0.3 is 0 Å². The van der Waals surface area contributed by atoms with E-state index < -0.39 is 4.92 Å². The molecule has 1 heterocycles. The molecule has 6 nitrogen and oxygen atoms in total. The molecule has 28 heavy (non-hydrogen) atoms. The molecule has 148 valence electrons. The maximum atomic E-state index is 12.8. The van der Waals surface area contributed by atoms with E-state index in [1.54, 1.807) is 17.0 Å². The number of hydrogen-bond acceptors (Lipinski definition) is 4. The standard InChI is InChI=1S/C21H24ClN3O3/c1-21(2,3)16-9-7-15(8-10-16)20(26)24-13-11-23(12-14-24)19-17(22)5-4-6-18(19)25(27)28/h4-10H,11-14H2,1-3H3. The highest BCUT2D eigenvalue weighted by Gasteiger charge is 2.28. The summed E-state index contributed by atoms with van der Waals surface area (Å²) in [6.07, 6.45) is 0. The molecule has 1 fully saturated rings. The van der Waals surface area contributed by atoms with Crippen LogP contribution in [0.1, 0.15) is 36.7 Å². The minimum Gasteiger partial charge on any atom is -0.361 e. The van der Waals surface area contributed by atoms with Crippen molar-refractivity contribution in [2.45, 2.75) is 26.2 Å². The van der Waals surface area contributed by atoms with Crippen molar-refractivity contribution in [2.75, 3.05) is 31.1 Å². The molecule has 1 aliphatic heterocycles. The number of para-hydroxylation sites is 1. The Kier molecular flexibility index (Phi) is 5.61. The summed E-state index contributed by atoms with van der Waals surface area (Å²) in [7, 11) is 0. The summed E-state index contributed by atoms with van der Waals surface area (Å²) in [5.41, 5.74) is 2.29. The molecule has 0 aliphatic carbocycles. The Bertz CT molecular complexity index is 883. The Hall–Kier alpha value is -2.60. The molecular weight excluding hydrogens is 378 g/mol. The molecule has 0 atom stereocenters. The Balaban J connectivity index is 1.71. The lowest BCUT2D eigenvalue weighted by atomic mass is 9.86. The number of nitro benzene ring substituents is 1. The number of piperazine rings is 1. The normalized spacial score (nSPS) is 14.9. The highest BCUT2D eigenvalue weighted by Crippen LogP contribution is 2.36. The average molecular weight is 402 g/mol. The molecule has 2 aromatic carbocycles. The van der Waals surface area contributed by atoms with Crippen LogP contribution in [0.4, 0.5) is 11.4 Å². The molecule has 0 N–H and O–H groups in total. The Morgan fingerprint density at radius 2 is 1.64 bits per heavy atom. The van der Waals surface area contributed by atoms with Crippen LogP contribution in [0.5, 0.6) is 0 Å². The van der Waals surface area contributed by atoms with E-state index in [4.69, 9.17) is 11.6 Å². The van der Waals surface area contributed by atoms with Gasteiger partial charge in [0.1, 0.15) is 5.69 Å². The van der Waals surface area contributed by atoms with Crippen molar-refractivity contribution in [1.29, 1.82) is 0 Å². The third-order valence-corrected chi connectivity index (χ3v) is 5.35. The topological polar surface area (TPSA) is 66.7 Å². The third-order valence-electron chi connectivity index (χ3n) is 5.04. The second-order valence-corrected chi connectivity index (χ2v) is 8.38. The number of carbonyl (C=O) groups excluding carboxylic acids is 1. The summed E-state index contributed by atoms with van der Waals surface area (Å²) >= 11 is 6.23. The van der Waals surface area contributed by atoms with E-state index in [9.17, 15) is 14.9 Å². The van der Waals surface area contributed by atoms with Crippen molar-refractivity contribution in [1.82, 2.24) is 4.90 Å². The molecule has 0 spiro atoms. The molecule has 1 amide bonds. The molecule has 0 radical (unpaired) electrons. The molecule has 0 unspecified atom stereocenters. The van der Waals surface area contributed by atoms with Gasteiger partial charge in [0.25, 0.3) is 11.6 Å². The second-order valence-electron chi connectivity index (χ2n) is 7.97. The molecular formula is C21H24ClN3O3. The highest BCUT2D eigenvalue weighted by atomic mass is 35.5. The first-order valence-electron chi connectivity index (χ1n) is 9.26. The lowest BCUT2D eigenvalue weighted by Crippen LogP contribution is -2.49. The predicted molar refractivity (Wildman–Crippen MR) is 111 cm³/mol. The number of hydrogen-bond donors (Lipinski definition) is 0. The maximum absolute atomic E-state index is 12.8. The molecule has 0 aromatic heterocycles. The van der Waals surface area contributed by atoms with Crippen molar-refractivity contribution in [2.24, 2.45) is 0 Å². The van der Waals surface area contributed by atoms with Crippen LogP contribution < -0.4 is 4.90 Å². The first-order chi connectivity index (χ1) is 13.2. The number of benzene rings is 2. The summed E-state index contributed by atoms with van der Waals surface area (Å²) in [5, 5.41) is 11.7. The van der Waals surface area contributed by atoms with E-state index in [0.717, 1.165) is 0 Å². The van der Waals surface area contributed by atoms with Crippen LogP contribution in [0.25, 0.3) is 0 Å². The molecule has 0 bridgehead atoms. The molecule has 1 saturated heterocycles. The SMILES string of the molecule is CC(C)(C)c1ccc(C(=O)N2CCN(c3c(Cl)cccc3[N+](=O)[O-])CC2)cc1. The number of carbonyl (C=O) groups is 1. The van der Waals surface area contributed by atoms with Crippen molar-refractivity contribution < 1.29 is 9.72 Å². The lowest BCUT2D eigenvalue weighted by Gasteiger charge is -2.36. The van der Waals surface area contributed by atoms with Gasteiger partial charge in [-0.05, 0) is 29.2 Å². The largest absolute Gasteiger partial charge is 0.361 e. The van der Waals surface area contributed by atoms with Crippen LogP contribution >= 0.6 is 11.6 Å². The van der Waals surface area contributed by atoms with Crippen LogP contribution in [0.2, 0.25) is 5.02 Å². The fraction of sp³-hybridized carbons (Fsp3) is 0.381. The number of nitrogens with zero attached hydrogens (tertiary/aromatic N) is 3. The van der Waals surface area contributed by atoms with E-state index in [1.165, 1.54) is 11.6 Å². The summed E-state index contributed by atoms with van der Waals surface area (Å²) in [6, 6.07) is 12.4. The van der Waals surface area contributed by atoms with Crippen molar-refractivity contribution in [3.63, 3.8) is 0 Å². The van der Waals surface area contributed by atoms with Gasteiger partial charge in [0.05, 0.1) is 9.95 Å². The molecule has 2 aromatic rings. The first-order valence-corrected chi connectivity index (χ1v) is 9.64. The Morgan fingerprint density at radius 3 is 2.18 bits per heavy atom. The van der Waals surface area contributed by atoms with Gasteiger partial charge in [-0.2, -0.15) is 0 Å². The van der Waals surface area contributed by atoms with Gasteiger partial charge in [-0.25, -0.2) is 0 Å². The third kappa shape index (κ3) is 4.12. The molecule has 7 heteroatoms. The number of nitro groups is 1. The monoisotopic (exact) mass is 401 g/mol. The van der Waals surface area contributed by atoms with Gasteiger partial charge in [-0.15, -0.1) is 0 Å². The average Bonchev–Trinajstić information content (AvgIpc) is 2.67. The summed E-state index contributed by atoms with van der Waals surface area (Å²) < 4.78 is 0. The van der Waals surface area contributed by atoms with Crippen LogP contribution in [0, 0.1) is 10.1 Å². The zero-order valence-corrected chi connectivity index (χ0v) is 17.1. The van der Waals surface area contributed by atoms with Crippen molar-refractivity contribution in [3.05, 3.63) is 68.7 Å². The van der Waals surface area contributed by atoms with E-state index in [1.807, 2.05) is 29.2 Å². The number of amides is 1. The quantitative estimate of drug-likeness (QED) is 0.560. The molecule has 1 aliphatic rings. The number of halogens is 1. The number of rotatable bonds is 3. The second kappa shape index (κ2) is 7.80. The molecule has 3 rings (SSSR count). The van der Waals surface area contributed by atoms with Gasteiger partial charge in [0, 0.05) is 37.8 Å². The van der Waals surface area contributed by atoms with Crippen LogP contribution in [-0.2, 0) is 5.41 Å². The predicted octanol–water partition coefficient (Wildman–Crippen LogP) is 4.51. The van der Waals surface area contributed by atoms with E-state index in [2.05, 4.69) is 20.8 Å². The van der Waals surface area contributed by atoms with E-state index >= 15 is 0 Å². The highest BCUT2D eigenvalue weighted by molar-refractivity contribution is 6.33. The van der Waals surface area contributed by atoms with Gasteiger partial charge in [-0.3, -0.25) is 14.9 Å². The maximum Gasteiger partial charge on any atom is 0.294 e. The summed E-state index contributed by atoms with van der Waals surface area (Å²) in [5.74, 6) is -0.0197. The zero-order chi connectivity index (χ0) is 20.5. The van der Waals surface area contributed by atoms with Crippen LogP contribution in [-0.4, -0.2) is 41.9 Å². The van der Waals surface area contributed by atoms with Gasteiger partial charge in [0.2, 0.25) is 0 Å². The fourth-order valence-corrected chi connectivity index (χ4v) is 3.68. The van der Waals surface area contributed by atoms with Gasteiger partial charge < -0.3 is 9.80 Å². The zero-order valence-electron chi connectivity index (χ0n) is 16.3. The van der Waals surface area contributed by atoms with Crippen LogP contribution in [0.3, 0.4) is 0 Å². The Labute approximate surface area is 169 Å². The van der Waals surface area contributed by atoms with Gasteiger partial charge in [0.15, 0.2) is 0 Å². The van der Waals surface area contributed by atoms with Gasteiger partial charge in [-0.1, -0.05) is 50.6 Å². The van der Waals surface area contributed by atoms with Crippen molar-refractivity contribution >= 4 is 28.9 Å². The fourth-order valence-electron chi connectivity index (χ4n) is 3.39. The summed E-state index contributed by atoms with van der Waals surface area (Å²) in [6.45, 7) is 8.38. The first kappa shape index (κ1) is 20.1. The minimum atomic E-state index is -0.421. The number of anilines is 1. The van der Waals surface area contributed by atoms with Crippen molar-refractivity contribution in [3.8, 4) is 0 Å². The van der Waals surface area contributed by atoms with Crippen LogP contribution in [0.15, 0.2) is 42.5 Å². The molecule has 0 saturated carbocycles. The van der Waals surface area contributed by atoms with E-state index in [0.29, 0.717) is 42.5 Å². The minimum absolute atomic E-state index is 0.00922. The Morgan fingerprint density at radius 1 is 1.04 bits per heavy atom.